The molecule has 0 aliphatic heterocycles. The van der Waals surface area contributed by atoms with E-state index in [0.29, 0.717) is 33.4 Å². The van der Waals surface area contributed by atoms with Crippen molar-refractivity contribution in [1.29, 1.82) is 0 Å². The van der Waals surface area contributed by atoms with Crippen LogP contribution in [-0.2, 0) is 20.8 Å². The van der Waals surface area contributed by atoms with E-state index in [4.69, 9.17) is 0 Å². The lowest BCUT2D eigenvalue weighted by atomic mass is 9.76. The molecule has 8 rings (SSSR count). The highest BCUT2D eigenvalue weighted by Crippen LogP contribution is 2.45. The highest BCUT2D eigenvalue weighted by molar-refractivity contribution is 5.98. The Balaban J connectivity index is 1.21. The molecule has 0 heterocycles. The van der Waals surface area contributed by atoms with Gasteiger partial charge in [0.25, 0.3) is 0 Å². The minimum absolute atomic E-state index is 0.575. The summed E-state index contributed by atoms with van der Waals surface area (Å²) in [4.78, 5) is 28.9. The van der Waals surface area contributed by atoms with E-state index in [1.165, 1.54) is 0 Å². The zero-order valence-electron chi connectivity index (χ0n) is 31.2. The van der Waals surface area contributed by atoms with Crippen LogP contribution < -0.4 is 10.6 Å². The van der Waals surface area contributed by atoms with Gasteiger partial charge in [0.15, 0.2) is 0 Å². The van der Waals surface area contributed by atoms with Crippen LogP contribution in [0.5, 0.6) is 0 Å². The molecule has 0 saturated heterocycles. The van der Waals surface area contributed by atoms with E-state index in [1.807, 2.05) is 206 Å². The van der Waals surface area contributed by atoms with Crippen LogP contribution in [0, 0.1) is 0 Å². The van der Waals surface area contributed by atoms with Gasteiger partial charge in [-0.1, -0.05) is 206 Å². The molecule has 280 valence electrons. The quantitative estimate of drug-likeness (QED) is 0.0938. The van der Waals surface area contributed by atoms with Gasteiger partial charge in [0.1, 0.15) is 17.6 Å². The molecule has 57 heavy (non-hydrogen) atoms. The highest BCUT2D eigenvalue weighted by atomic mass is 16.3. The summed E-state index contributed by atoms with van der Waals surface area (Å²) in [5, 5.41) is 36.1. The van der Waals surface area contributed by atoms with Crippen molar-refractivity contribution in [3.8, 4) is 0 Å². The van der Waals surface area contributed by atoms with Gasteiger partial charge in [-0.25, -0.2) is 0 Å². The first-order chi connectivity index (χ1) is 27.9. The molecule has 2 atom stereocenters. The minimum Gasteiger partial charge on any atom is -0.378 e. The topological polar surface area (TPSA) is 98.7 Å². The monoisotopic (exact) mass is 746 g/mol. The Morgan fingerprint density at radius 2 is 0.667 bits per heavy atom. The molecule has 0 spiro atoms. The van der Waals surface area contributed by atoms with Crippen molar-refractivity contribution in [2.24, 2.45) is 0 Å². The zero-order valence-corrected chi connectivity index (χ0v) is 31.2. The third kappa shape index (κ3) is 7.20. The predicted molar refractivity (Wildman–Crippen MR) is 226 cm³/mol. The van der Waals surface area contributed by atoms with Crippen molar-refractivity contribution in [3.63, 3.8) is 0 Å². The summed E-state index contributed by atoms with van der Waals surface area (Å²) >= 11 is 0. The second-order valence-corrected chi connectivity index (χ2v) is 14.3. The molecule has 8 aromatic carbocycles. The molecule has 0 saturated carbocycles. The van der Waals surface area contributed by atoms with Gasteiger partial charge in [-0.3, -0.25) is 9.59 Å². The average molecular weight is 747 g/mol. The first kappa shape index (κ1) is 37.1. The van der Waals surface area contributed by atoms with Gasteiger partial charge < -0.3 is 20.8 Å². The molecule has 2 unspecified atom stereocenters. The zero-order chi connectivity index (χ0) is 39.2. The second-order valence-electron chi connectivity index (χ2n) is 14.3. The summed E-state index contributed by atoms with van der Waals surface area (Å²) in [6.45, 7) is 0. The molecule has 0 radical (unpaired) electrons. The van der Waals surface area contributed by atoms with E-state index < -0.39 is 41.5 Å². The van der Waals surface area contributed by atoms with Crippen LogP contribution in [0.15, 0.2) is 206 Å². The lowest BCUT2D eigenvalue weighted by Gasteiger charge is -2.39. The Morgan fingerprint density at radius 3 is 1.00 bits per heavy atom. The average Bonchev–Trinajstić information content (AvgIpc) is 3.28. The fourth-order valence-electron chi connectivity index (χ4n) is 8.16. The van der Waals surface area contributed by atoms with Crippen LogP contribution in [0.3, 0.4) is 0 Å². The van der Waals surface area contributed by atoms with E-state index in [2.05, 4.69) is 10.6 Å². The number of carbonyl (C=O) groups is 2. The standard InChI is InChI=1S/C51H42N2O4/c54-46(52-48(44-33-17-21-36-19-13-15-31-42(36)44)50(56,38-23-5-1-6-24-38)39-25-7-2-8-26-39)35-47(55)53-49(45-34-18-22-37-20-14-16-32-43(37)45)51(57,40-27-9-3-10-28-40)41-29-11-4-12-30-41/h1-34,48-49,56-57H,35H2,(H,52,54)(H,53,55). The third-order valence-electron chi connectivity index (χ3n) is 10.9. The lowest BCUT2D eigenvalue weighted by Crippen LogP contribution is -2.48. The molecule has 4 N–H and O–H groups in total. The molecule has 0 bridgehead atoms. The summed E-state index contributed by atoms with van der Waals surface area (Å²) in [6.07, 6.45) is -0.581. The van der Waals surface area contributed by atoms with Gasteiger partial charge in [-0.05, 0) is 54.9 Å². The smallest absolute Gasteiger partial charge is 0.230 e. The van der Waals surface area contributed by atoms with Crippen molar-refractivity contribution in [2.75, 3.05) is 0 Å². The van der Waals surface area contributed by atoms with Gasteiger partial charge in [-0.2, -0.15) is 0 Å². The Bertz CT molecular complexity index is 2360. The van der Waals surface area contributed by atoms with Gasteiger partial charge in [0.05, 0.1) is 12.1 Å². The first-order valence-corrected chi connectivity index (χ1v) is 19.1. The number of nitrogens with one attached hydrogen (secondary N) is 2. The lowest BCUT2D eigenvalue weighted by molar-refractivity contribution is -0.132. The van der Waals surface area contributed by atoms with Gasteiger partial charge in [-0.15, -0.1) is 0 Å². The molecular formula is C51H42N2O4. The third-order valence-corrected chi connectivity index (χ3v) is 10.9. The Kier molecular flexibility index (Phi) is 10.5. The normalized spacial score (nSPS) is 12.8. The summed E-state index contributed by atoms with van der Waals surface area (Å²) in [6, 6.07) is 62.3. The van der Waals surface area contributed by atoms with E-state index in [1.54, 1.807) is 0 Å². The van der Waals surface area contributed by atoms with Crippen LogP contribution in [0.1, 0.15) is 51.9 Å². The SMILES string of the molecule is O=C(CC(=O)NC(c1cccc2ccccc12)C(O)(c1ccccc1)c1ccccc1)NC(c1cccc2ccccc12)C(O)(c1ccccc1)c1ccccc1. The summed E-state index contributed by atoms with van der Waals surface area (Å²) in [5.41, 5.74) is 0.185. The molecule has 2 amide bonds. The fourth-order valence-corrected chi connectivity index (χ4v) is 8.16. The van der Waals surface area contributed by atoms with Gasteiger partial charge in [0, 0.05) is 0 Å². The Morgan fingerprint density at radius 1 is 0.386 bits per heavy atom. The maximum absolute atomic E-state index is 14.5. The van der Waals surface area contributed by atoms with Crippen LogP contribution >= 0.6 is 0 Å². The van der Waals surface area contributed by atoms with Crippen molar-refractivity contribution < 1.29 is 19.8 Å². The fraction of sp³-hybridized carbons (Fsp3) is 0.0980. The number of benzene rings is 8. The largest absolute Gasteiger partial charge is 0.378 e. The number of fused-ring (bicyclic) bond motifs is 2. The number of rotatable bonds is 12. The number of carbonyl (C=O) groups excluding carboxylic acids is 2. The van der Waals surface area contributed by atoms with E-state index >= 15 is 0 Å². The number of hydrogen-bond acceptors (Lipinski definition) is 4. The molecule has 0 aliphatic carbocycles. The van der Waals surface area contributed by atoms with E-state index in [-0.39, 0.29) is 0 Å². The second kappa shape index (κ2) is 16.1. The summed E-state index contributed by atoms with van der Waals surface area (Å²) in [5.74, 6) is -1.20. The Labute approximate surface area is 332 Å². The first-order valence-electron chi connectivity index (χ1n) is 19.1. The molecule has 0 fully saturated rings. The molecule has 6 heteroatoms. The maximum atomic E-state index is 14.5. The maximum Gasteiger partial charge on any atom is 0.230 e. The van der Waals surface area contributed by atoms with Crippen LogP contribution in [0.4, 0.5) is 0 Å². The number of hydrogen-bond donors (Lipinski definition) is 4. The van der Waals surface area contributed by atoms with E-state index in [9.17, 15) is 19.8 Å². The molecule has 0 aromatic heterocycles. The van der Waals surface area contributed by atoms with Crippen LogP contribution in [-0.4, -0.2) is 22.0 Å². The number of amides is 2. The van der Waals surface area contributed by atoms with Crippen molar-refractivity contribution in [1.82, 2.24) is 10.6 Å². The summed E-state index contributed by atoms with van der Waals surface area (Å²) in [7, 11) is 0. The van der Waals surface area contributed by atoms with Crippen LogP contribution in [0.2, 0.25) is 0 Å². The molecule has 8 aromatic rings. The highest BCUT2D eigenvalue weighted by Gasteiger charge is 2.45. The van der Waals surface area contributed by atoms with Crippen molar-refractivity contribution in [2.45, 2.75) is 29.7 Å². The summed E-state index contributed by atoms with van der Waals surface area (Å²) < 4.78 is 0. The van der Waals surface area contributed by atoms with Gasteiger partial charge in [0.2, 0.25) is 11.8 Å². The Hall–Kier alpha value is -6.86. The molecular weight excluding hydrogens is 705 g/mol. The molecule has 6 nitrogen and oxygen atoms in total. The minimum atomic E-state index is -1.74. The van der Waals surface area contributed by atoms with Crippen molar-refractivity contribution in [3.05, 3.63) is 240 Å². The van der Waals surface area contributed by atoms with Gasteiger partial charge >= 0.3 is 0 Å². The predicted octanol–water partition coefficient (Wildman–Crippen LogP) is 9.27. The van der Waals surface area contributed by atoms with Crippen molar-refractivity contribution >= 4 is 33.4 Å². The van der Waals surface area contributed by atoms with E-state index in [0.717, 1.165) is 21.5 Å². The number of aliphatic hydroxyl groups is 2. The van der Waals surface area contributed by atoms with Crippen LogP contribution in [0.25, 0.3) is 21.5 Å². The molecule has 0 aliphatic rings.